The number of halogens is 2. The molecule has 0 aliphatic rings. The first-order chi connectivity index (χ1) is 13.0. The number of rotatable bonds is 7. The fourth-order valence-electron chi connectivity index (χ4n) is 2.03. The summed E-state index contributed by atoms with van der Waals surface area (Å²) in [6, 6.07) is 12.3. The van der Waals surface area contributed by atoms with Gasteiger partial charge in [-0.1, -0.05) is 41.0 Å². The number of nitrogens with one attached hydrogen (secondary N) is 1. The number of carbonyl (C=O) groups excluding carboxylic acids is 1. The van der Waals surface area contributed by atoms with Crippen molar-refractivity contribution in [3.63, 3.8) is 0 Å². The highest BCUT2D eigenvalue weighted by atomic mass is 35.5. The Hall–Kier alpha value is -2.22. The summed E-state index contributed by atoms with van der Waals surface area (Å²) in [7, 11) is 0. The zero-order valence-electron chi connectivity index (χ0n) is 14.2. The van der Waals surface area contributed by atoms with Crippen LogP contribution < -0.4 is 10.1 Å². The van der Waals surface area contributed by atoms with Gasteiger partial charge in [0.15, 0.2) is 6.61 Å². The number of carbonyl (C=O) groups is 1. The fourth-order valence-corrected chi connectivity index (χ4v) is 2.91. The molecule has 27 heavy (non-hydrogen) atoms. The van der Waals surface area contributed by atoms with Crippen LogP contribution in [0.2, 0.25) is 10.0 Å². The smallest absolute Gasteiger partial charge is 0.277 e. The summed E-state index contributed by atoms with van der Waals surface area (Å²) in [5.41, 5.74) is 1.59. The Kier molecular flexibility index (Phi) is 6.60. The summed E-state index contributed by atoms with van der Waals surface area (Å²) in [4.78, 5) is 12.0. The van der Waals surface area contributed by atoms with Crippen molar-refractivity contribution in [1.29, 1.82) is 0 Å². The first kappa shape index (κ1) is 19.5. The highest BCUT2D eigenvalue weighted by Gasteiger charge is 2.11. The van der Waals surface area contributed by atoms with E-state index in [9.17, 15) is 4.79 Å². The number of aryl methyl sites for hydroxylation is 1. The summed E-state index contributed by atoms with van der Waals surface area (Å²) >= 11 is 13.0. The molecule has 3 rings (SSSR count). The molecule has 9 heteroatoms. The second-order valence-electron chi connectivity index (χ2n) is 5.51. The average molecular weight is 424 g/mol. The quantitative estimate of drug-likeness (QED) is 0.539. The summed E-state index contributed by atoms with van der Waals surface area (Å²) in [6.07, 6.45) is 0. The van der Waals surface area contributed by atoms with Gasteiger partial charge in [-0.15, -0.1) is 10.2 Å². The Morgan fingerprint density at radius 1 is 1.19 bits per heavy atom. The van der Waals surface area contributed by atoms with Gasteiger partial charge in [0.05, 0.1) is 5.75 Å². The Bertz CT molecular complexity index is 932. The molecule has 1 amide bonds. The molecule has 1 aromatic heterocycles. The summed E-state index contributed by atoms with van der Waals surface area (Å²) in [5.74, 6) is 0.892. The maximum Gasteiger partial charge on any atom is 0.277 e. The van der Waals surface area contributed by atoms with Crippen molar-refractivity contribution in [2.45, 2.75) is 18.8 Å². The van der Waals surface area contributed by atoms with Gasteiger partial charge in [0.1, 0.15) is 5.75 Å². The van der Waals surface area contributed by atoms with E-state index in [0.717, 1.165) is 17.3 Å². The topological polar surface area (TPSA) is 77.2 Å². The summed E-state index contributed by atoms with van der Waals surface area (Å²) in [6.45, 7) is 2.02. The van der Waals surface area contributed by atoms with Crippen LogP contribution in [0.15, 0.2) is 52.1 Å². The Labute approximate surface area is 170 Å². The van der Waals surface area contributed by atoms with E-state index in [1.165, 1.54) is 0 Å². The van der Waals surface area contributed by atoms with Crippen LogP contribution in [0.1, 0.15) is 11.5 Å². The van der Waals surface area contributed by atoms with E-state index in [0.29, 0.717) is 32.6 Å². The minimum Gasteiger partial charge on any atom is -0.484 e. The lowest BCUT2D eigenvalue weighted by Crippen LogP contribution is -2.14. The highest BCUT2D eigenvalue weighted by Crippen LogP contribution is 2.22. The second-order valence-corrected chi connectivity index (χ2v) is 7.28. The van der Waals surface area contributed by atoms with Crippen molar-refractivity contribution in [2.24, 2.45) is 0 Å². The van der Waals surface area contributed by atoms with Crippen molar-refractivity contribution < 1.29 is 13.9 Å². The minimum atomic E-state index is -0.197. The van der Waals surface area contributed by atoms with Gasteiger partial charge in [0.25, 0.3) is 11.1 Å². The zero-order valence-corrected chi connectivity index (χ0v) is 16.6. The van der Waals surface area contributed by atoms with E-state index in [4.69, 9.17) is 32.4 Å². The normalized spacial score (nSPS) is 10.6. The number of amides is 1. The number of hydrogen-bond acceptors (Lipinski definition) is 6. The van der Waals surface area contributed by atoms with Gasteiger partial charge in [0, 0.05) is 15.7 Å². The first-order valence-electron chi connectivity index (χ1n) is 7.89. The van der Waals surface area contributed by atoms with Crippen LogP contribution in [-0.4, -0.2) is 21.9 Å². The molecular formula is C18H15Cl2N3O3S. The third-order valence-electron chi connectivity index (χ3n) is 3.41. The molecule has 1 N–H and O–H groups in total. The average Bonchev–Trinajstić information content (AvgIpc) is 3.11. The molecule has 0 aliphatic carbocycles. The zero-order chi connectivity index (χ0) is 19.2. The molecular weight excluding hydrogens is 409 g/mol. The standard InChI is InChI=1S/C18H15Cl2N3O3S/c1-11-2-5-13(8-15(11)20)21-16(24)10-27-18-23-22-17(26-18)9-25-14-6-3-12(19)4-7-14/h2-8H,9-10H2,1H3,(H,21,24). The Balaban J connectivity index is 1.46. The third-order valence-corrected chi connectivity index (χ3v) is 4.88. The van der Waals surface area contributed by atoms with Crippen molar-refractivity contribution in [3.05, 3.63) is 64.0 Å². The molecule has 0 aliphatic heterocycles. The van der Waals surface area contributed by atoms with Crippen LogP contribution in [0.25, 0.3) is 0 Å². The third kappa shape index (κ3) is 5.89. The van der Waals surface area contributed by atoms with Crippen LogP contribution in [0, 0.1) is 6.92 Å². The fraction of sp³-hybridized carbons (Fsp3) is 0.167. The number of hydrogen-bond donors (Lipinski definition) is 1. The molecule has 1 heterocycles. The van der Waals surface area contributed by atoms with Crippen LogP contribution in [0.5, 0.6) is 5.75 Å². The molecule has 6 nitrogen and oxygen atoms in total. The van der Waals surface area contributed by atoms with Gasteiger partial charge in [-0.3, -0.25) is 4.79 Å². The molecule has 0 radical (unpaired) electrons. The molecule has 0 bridgehead atoms. The van der Waals surface area contributed by atoms with Crippen LogP contribution in [0.4, 0.5) is 5.69 Å². The SMILES string of the molecule is Cc1ccc(NC(=O)CSc2nnc(COc3ccc(Cl)cc3)o2)cc1Cl. The van der Waals surface area contributed by atoms with Crippen molar-refractivity contribution in [3.8, 4) is 5.75 Å². The lowest BCUT2D eigenvalue weighted by molar-refractivity contribution is -0.113. The molecule has 140 valence electrons. The maximum absolute atomic E-state index is 12.0. The monoisotopic (exact) mass is 423 g/mol. The Morgan fingerprint density at radius 3 is 2.70 bits per heavy atom. The van der Waals surface area contributed by atoms with Crippen LogP contribution in [-0.2, 0) is 11.4 Å². The molecule has 0 saturated heterocycles. The van der Waals surface area contributed by atoms with Crippen molar-refractivity contribution >= 4 is 46.6 Å². The number of benzene rings is 2. The van der Waals surface area contributed by atoms with E-state index in [-0.39, 0.29) is 18.3 Å². The number of thioether (sulfide) groups is 1. The van der Waals surface area contributed by atoms with Gasteiger partial charge >= 0.3 is 0 Å². The second kappa shape index (κ2) is 9.12. The molecule has 0 fully saturated rings. The van der Waals surface area contributed by atoms with E-state index >= 15 is 0 Å². The largest absolute Gasteiger partial charge is 0.484 e. The van der Waals surface area contributed by atoms with E-state index in [1.807, 2.05) is 13.0 Å². The highest BCUT2D eigenvalue weighted by molar-refractivity contribution is 7.99. The van der Waals surface area contributed by atoms with Gasteiger partial charge < -0.3 is 14.5 Å². The molecule has 3 aromatic rings. The molecule has 2 aromatic carbocycles. The number of nitrogens with zero attached hydrogens (tertiary/aromatic N) is 2. The molecule has 0 atom stereocenters. The maximum atomic E-state index is 12.0. The minimum absolute atomic E-state index is 0.128. The molecule has 0 spiro atoms. The van der Waals surface area contributed by atoms with Gasteiger partial charge in [-0.25, -0.2) is 0 Å². The van der Waals surface area contributed by atoms with Crippen molar-refractivity contribution in [2.75, 3.05) is 11.1 Å². The molecule has 0 unspecified atom stereocenters. The van der Waals surface area contributed by atoms with E-state index < -0.39 is 0 Å². The van der Waals surface area contributed by atoms with Crippen LogP contribution in [0.3, 0.4) is 0 Å². The van der Waals surface area contributed by atoms with Gasteiger partial charge in [-0.2, -0.15) is 0 Å². The van der Waals surface area contributed by atoms with Crippen molar-refractivity contribution in [1.82, 2.24) is 10.2 Å². The van der Waals surface area contributed by atoms with Gasteiger partial charge in [-0.05, 0) is 48.9 Å². The number of anilines is 1. The van der Waals surface area contributed by atoms with E-state index in [2.05, 4.69) is 15.5 Å². The lowest BCUT2D eigenvalue weighted by atomic mass is 10.2. The Morgan fingerprint density at radius 2 is 1.96 bits per heavy atom. The van der Waals surface area contributed by atoms with Gasteiger partial charge in [0.2, 0.25) is 5.91 Å². The lowest BCUT2D eigenvalue weighted by Gasteiger charge is -2.05. The van der Waals surface area contributed by atoms with E-state index in [1.54, 1.807) is 36.4 Å². The summed E-state index contributed by atoms with van der Waals surface area (Å²) in [5, 5.41) is 12.1. The molecule has 0 saturated carbocycles. The summed E-state index contributed by atoms with van der Waals surface area (Å²) < 4.78 is 11.0. The first-order valence-corrected chi connectivity index (χ1v) is 9.63. The predicted molar refractivity (Wildman–Crippen MR) is 106 cm³/mol. The number of aromatic nitrogens is 2. The van der Waals surface area contributed by atoms with Crippen LogP contribution >= 0.6 is 35.0 Å². The predicted octanol–water partition coefficient (Wildman–Crippen LogP) is 4.99. The number of ether oxygens (including phenoxy) is 1.